The van der Waals surface area contributed by atoms with Gasteiger partial charge in [-0.1, -0.05) is 27.4 Å². The van der Waals surface area contributed by atoms with E-state index >= 15 is 0 Å². The zero-order valence-electron chi connectivity index (χ0n) is 13.0. The molecule has 1 rings (SSSR count). The van der Waals surface area contributed by atoms with Gasteiger partial charge in [-0.25, -0.2) is 4.90 Å². The van der Waals surface area contributed by atoms with Gasteiger partial charge in [0.2, 0.25) is 12.3 Å². The molecule has 0 aliphatic heterocycles. The zero-order chi connectivity index (χ0) is 17.4. The summed E-state index contributed by atoms with van der Waals surface area (Å²) in [6, 6.07) is 5.92. The van der Waals surface area contributed by atoms with E-state index in [4.69, 9.17) is 0 Å². The Hall–Kier alpha value is -2.33. The number of anilines is 1. The molecule has 0 radical (unpaired) electrons. The third kappa shape index (κ3) is 5.75. The third-order valence-corrected chi connectivity index (χ3v) is 3.54. The number of benzene rings is 1. The van der Waals surface area contributed by atoms with Gasteiger partial charge >= 0.3 is 0 Å². The van der Waals surface area contributed by atoms with Gasteiger partial charge in [0.15, 0.2) is 5.52 Å². The SMILES string of the molecule is C/C=C\C(=O)N(C=O)c1ccc(CC(=O)NC(C)C(=O)P)cc1. The maximum Gasteiger partial charge on any atom is 0.257 e. The lowest BCUT2D eigenvalue weighted by Crippen LogP contribution is -2.37. The fraction of sp³-hybridized carbons (Fsp3) is 0.250. The zero-order valence-corrected chi connectivity index (χ0v) is 14.1. The average molecular weight is 334 g/mol. The van der Waals surface area contributed by atoms with Gasteiger partial charge in [0.1, 0.15) is 0 Å². The van der Waals surface area contributed by atoms with Crippen LogP contribution in [-0.2, 0) is 25.6 Å². The van der Waals surface area contributed by atoms with E-state index in [-0.39, 0.29) is 17.9 Å². The quantitative estimate of drug-likeness (QED) is 0.461. The van der Waals surface area contributed by atoms with E-state index in [1.807, 2.05) is 9.24 Å². The maximum absolute atomic E-state index is 11.8. The second kappa shape index (κ2) is 8.96. The van der Waals surface area contributed by atoms with Gasteiger partial charge in [-0.05, 0) is 37.6 Å². The minimum atomic E-state index is -0.559. The molecule has 3 amide bonds. The molecule has 1 aromatic carbocycles. The number of imide groups is 1. The van der Waals surface area contributed by atoms with Crippen LogP contribution in [0.15, 0.2) is 36.4 Å². The number of hydrogen-bond donors (Lipinski definition) is 1. The monoisotopic (exact) mass is 334 g/mol. The van der Waals surface area contributed by atoms with Crippen LogP contribution in [0.2, 0.25) is 0 Å². The van der Waals surface area contributed by atoms with Gasteiger partial charge in [-0.3, -0.25) is 19.2 Å². The summed E-state index contributed by atoms with van der Waals surface area (Å²) in [5.41, 5.74) is 0.928. The van der Waals surface area contributed by atoms with Crippen molar-refractivity contribution in [1.82, 2.24) is 5.32 Å². The predicted octanol–water partition coefficient (Wildman–Crippen LogP) is 1.20. The number of amides is 3. The molecule has 6 nitrogen and oxygen atoms in total. The Bertz CT molecular complexity index is 625. The second-order valence-electron chi connectivity index (χ2n) is 4.85. The van der Waals surface area contributed by atoms with E-state index in [9.17, 15) is 19.2 Å². The van der Waals surface area contributed by atoms with E-state index < -0.39 is 11.9 Å². The lowest BCUT2D eigenvalue weighted by atomic mass is 10.1. The van der Waals surface area contributed by atoms with Crippen molar-refractivity contribution in [2.24, 2.45) is 0 Å². The van der Waals surface area contributed by atoms with Crippen LogP contribution < -0.4 is 10.2 Å². The second-order valence-corrected chi connectivity index (χ2v) is 5.42. The highest BCUT2D eigenvalue weighted by Gasteiger charge is 2.14. The number of carbonyl (C=O) groups excluding carboxylic acids is 4. The molecule has 0 fully saturated rings. The number of rotatable bonds is 7. The first-order chi connectivity index (χ1) is 10.9. The van der Waals surface area contributed by atoms with Crippen molar-refractivity contribution in [2.45, 2.75) is 26.3 Å². The first-order valence-electron chi connectivity index (χ1n) is 6.97. The predicted molar refractivity (Wildman–Crippen MR) is 90.8 cm³/mol. The molecule has 1 aromatic rings. The van der Waals surface area contributed by atoms with Crippen LogP contribution in [-0.4, -0.2) is 29.8 Å². The molecule has 0 saturated carbocycles. The Morgan fingerprint density at radius 1 is 1.26 bits per heavy atom. The number of allylic oxidation sites excluding steroid dienone is 1. The topological polar surface area (TPSA) is 83.6 Å². The smallest absolute Gasteiger partial charge is 0.257 e. The molecule has 1 N–H and O–H groups in total. The van der Waals surface area contributed by atoms with Crippen molar-refractivity contribution in [3.05, 3.63) is 42.0 Å². The van der Waals surface area contributed by atoms with Gasteiger partial charge in [-0.15, -0.1) is 0 Å². The summed E-state index contributed by atoms with van der Waals surface area (Å²) in [7, 11) is 2.02. The molecule has 0 heterocycles. The number of nitrogens with one attached hydrogen (secondary N) is 1. The molecule has 0 aliphatic carbocycles. The fourth-order valence-corrected chi connectivity index (χ4v) is 1.87. The molecule has 2 atom stereocenters. The minimum absolute atomic E-state index is 0.104. The molecule has 2 unspecified atom stereocenters. The summed E-state index contributed by atoms with van der Waals surface area (Å²) in [6.45, 7) is 3.29. The highest BCUT2D eigenvalue weighted by molar-refractivity contribution is 7.40. The van der Waals surface area contributed by atoms with Gasteiger partial charge in [0.25, 0.3) is 5.91 Å². The lowest BCUT2D eigenvalue weighted by Gasteiger charge is -2.14. The molecular formula is C16H19N2O4P. The van der Waals surface area contributed by atoms with Crippen molar-refractivity contribution >= 4 is 38.7 Å². The number of carbonyl (C=O) groups is 4. The van der Waals surface area contributed by atoms with Gasteiger partial charge < -0.3 is 5.32 Å². The molecule has 7 heteroatoms. The van der Waals surface area contributed by atoms with Crippen molar-refractivity contribution in [3.8, 4) is 0 Å². The van der Waals surface area contributed by atoms with Gasteiger partial charge in [0, 0.05) is 0 Å². The fourth-order valence-electron chi connectivity index (χ4n) is 1.79. The highest BCUT2D eigenvalue weighted by Crippen LogP contribution is 2.15. The van der Waals surface area contributed by atoms with E-state index in [0.717, 1.165) is 4.90 Å². The summed E-state index contributed by atoms with van der Waals surface area (Å²) in [5.74, 6) is -0.723. The van der Waals surface area contributed by atoms with Crippen molar-refractivity contribution in [2.75, 3.05) is 4.90 Å². The molecule has 0 bridgehead atoms. The Kier molecular flexibility index (Phi) is 7.29. The standard InChI is InChI=1S/C16H19N2O4P/c1-3-4-15(21)18(10-19)13-7-5-12(6-8-13)9-14(20)17-11(2)16(22)23/h3-8,10-11H,9,23H2,1-2H3,(H,17,20)/b4-3-. The average Bonchev–Trinajstić information content (AvgIpc) is 2.49. The normalized spacial score (nSPS) is 11.8. The Morgan fingerprint density at radius 3 is 2.35 bits per heavy atom. The van der Waals surface area contributed by atoms with Crippen LogP contribution in [0.4, 0.5) is 5.69 Å². The van der Waals surface area contributed by atoms with Crippen molar-refractivity contribution in [1.29, 1.82) is 0 Å². The Labute approximate surface area is 137 Å². The molecule has 0 saturated heterocycles. The maximum atomic E-state index is 11.8. The van der Waals surface area contributed by atoms with E-state index in [0.29, 0.717) is 17.7 Å². The first-order valence-corrected chi connectivity index (χ1v) is 7.55. The number of hydrogen-bond acceptors (Lipinski definition) is 4. The van der Waals surface area contributed by atoms with E-state index in [2.05, 4.69) is 5.32 Å². The van der Waals surface area contributed by atoms with Crippen LogP contribution >= 0.6 is 9.24 Å². The highest BCUT2D eigenvalue weighted by atomic mass is 31.0. The van der Waals surface area contributed by atoms with Gasteiger partial charge in [0.05, 0.1) is 18.2 Å². The van der Waals surface area contributed by atoms with Crippen LogP contribution in [0.3, 0.4) is 0 Å². The molecule has 23 heavy (non-hydrogen) atoms. The van der Waals surface area contributed by atoms with Crippen LogP contribution in [0.5, 0.6) is 0 Å². The van der Waals surface area contributed by atoms with Crippen molar-refractivity contribution < 1.29 is 19.2 Å². The summed E-state index contributed by atoms with van der Waals surface area (Å²) >= 11 is 0. The summed E-state index contributed by atoms with van der Waals surface area (Å²) in [4.78, 5) is 46.6. The Morgan fingerprint density at radius 2 is 1.87 bits per heavy atom. The molecule has 0 spiro atoms. The third-order valence-electron chi connectivity index (χ3n) is 3.04. The van der Waals surface area contributed by atoms with Crippen LogP contribution in [0, 0.1) is 0 Å². The van der Waals surface area contributed by atoms with Crippen LogP contribution in [0.25, 0.3) is 0 Å². The van der Waals surface area contributed by atoms with E-state index in [1.165, 1.54) is 6.08 Å². The number of nitrogens with zero attached hydrogens (tertiary/aromatic N) is 1. The summed E-state index contributed by atoms with van der Waals surface area (Å²) in [5, 5.41) is 2.57. The molecule has 0 aromatic heterocycles. The summed E-state index contributed by atoms with van der Waals surface area (Å²) < 4.78 is 0. The minimum Gasteiger partial charge on any atom is -0.346 e. The van der Waals surface area contributed by atoms with E-state index in [1.54, 1.807) is 44.2 Å². The molecular weight excluding hydrogens is 315 g/mol. The van der Waals surface area contributed by atoms with Gasteiger partial charge in [-0.2, -0.15) is 0 Å². The largest absolute Gasteiger partial charge is 0.346 e. The lowest BCUT2D eigenvalue weighted by molar-refractivity contribution is -0.124. The Balaban J connectivity index is 2.76. The van der Waals surface area contributed by atoms with Crippen LogP contribution in [0.1, 0.15) is 19.4 Å². The first kappa shape index (κ1) is 18.7. The summed E-state index contributed by atoms with van der Waals surface area (Å²) in [6.07, 6.45) is 3.38. The molecule has 122 valence electrons. The molecule has 0 aliphatic rings. The van der Waals surface area contributed by atoms with Crippen molar-refractivity contribution in [3.63, 3.8) is 0 Å².